The fourth-order valence-corrected chi connectivity index (χ4v) is 5.87. The molecule has 1 aromatic heterocycles. The Morgan fingerprint density at radius 1 is 1.33 bits per heavy atom. The van der Waals surface area contributed by atoms with Gasteiger partial charge in [-0.1, -0.05) is 11.3 Å². The summed E-state index contributed by atoms with van der Waals surface area (Å²) in [6.45, 7) is 4.22. The van der Waals surface area contributed by atoms with Crippen molar-refractivity contribution in [3.8, 4) is 0 Å². The minimum Gasteiger partial charge on any atom is -0.475 e. The van der Waals surface area contributed by atoms with Gasteiger partial charge in [-0.25, -0.2) is 17.9 Å². The van der Waals surface area contributed by atoms with Crippen LogP contribution in [-0.2, 0) is 19.6 Å². The lowest BCUT2D eigenvalue weighted by Gasteiger charge is -2.38. The Balaban J connectivity index is 0.000000318. The Morgan fingerprint density at radius 3 is 2.53 bits per heavy atom. The number of nitrogens with one attached hydrogen (secondary N) is 1. The van der Waals surface area contributed by atoms with Crippen molar-refractivity contribution < 1.29 is 36.2 Å². The van der Waals surface area contributed by atoms with Crippen LogP contribution in [0.3, 0.4) is 0 Å². The number of carboxylic acids is 1. The van der Waals surface area contributed by atoms with Gasteiger partial charge in [0, 0.05) is 25.7 Å². The van der Waals surface area contributed by atoms with Gasteiger partial charge in [0.2, 0.25) is 15.2 Å². The van der Waals surface area contributed by atoms with Crippen LogP contribution in [-0.4, -0.2) is 72.5 Å². The third kappa shape index (κ3) is 5.80. The molecule has 0 unspecified atom stereocenters. The monoisotopic (exact) mass is 472 g/mol. The third-order valence-electron chi connectivity index (χ3n) is 5.13. The van der Waals surface area contributed by atoms with E-state index in [4.69, 9.17) is 14.6 Å². The molecule has 1 aromatic rings. The van der Waals surface area contributed by atoms with Gasteiger partial charge < -0.3 is 14.7 Å². The molecule has 1 aliphatic carbocycles. The summed E-state index contributed by atoms with van der Waals surface area (Å²) in [6, 6.07) is -0.00884. The highest BCUT2D eigenvalue weighted by Crippen LogP contribution is 2.38. The van der Waals surface area contributed by atoms with Crippen molar-refractivity contribution in [3.05, 3.63) is 5.01 Å². The van der Waals surface area contributed by atoms with Crippen LogP contribution in [0.4, 0.5) is 18.3 Å². The predicted molar refractivity (Wildman–Crippen MR) is 102 cm³/mol. The number of alkyl halides is 3. The molecule has 1 saturated carbocycles. The first kappa shape index (κ1) is 23.2. The van der Waals surface area contributed by atoms with Crippen molar-refractivity contribution in [3.63, 3.8) is 0 Å². The number of aryl methyl sites for hydroxylation is 1. The molecule has 3 aliphatic rings. The number of aliphatic carboxylic acids is 1. The standard InChI is InChI=1S/C14H22N4O3S2.C2HF3O2/c1-10-15-16-13(22-10)18-6-5-14(9-18)8-11(4-7-21-14)17-23(19,20)12-2-3-12;3-2(4,5)1(6)7/h11-12,17H,2-9H2,1H3;(H,6,7)/t11-,14+;/m0./s1. The van der Waals surface area contributed by atoms with Gasteiger partial charge in [0.25, 0.3) is 0 Å². The molecule has 3 fully saturated rings. The predicted octanol–water partition coefficient (Wildman–Crippen LogP) is 1.69. The lowest BCUT2D eigenvalue weighted by atomic mass is 9.90. The van der Waals surface area contributed by atoms with Crippen LogP contribution in [0, 0.1) is 6.92 Å². The molecule has 30 heavy (non-hydrogen) atoms. The zero-order chi connectivity index (χ0) is 22.2. The molecule has 9 nitrogen and oxygen atoms in total. The second-order valence-electron chi connectivity index (χ2n) is 7.66. The molecule has 0 radical (unpaired) electrons. The Kier molecular flexibility index (Phi) is 6.60. The number of hydrogen-bond donors (Lipinski definition) is 2. The average molecular weight is 473 g/mol. The zero-order valence-electron chi connectivity index (χ0n) is 16.2. The van der Waals surface area contributed by atoms with Crippen molar-refractivity contribution in [1.29, 1.82) is 0 Å². The topological polar surface area (TPSA) is 122 Å². The molecule has 2 aliphatic heterocycles. The molecule has 4 rings (SSSR count). The molecule has 3 heterocycles. The second-order valence-corrected chi connectivity index (χ2v) is 10.8. The van der Waals surface area contributed by atoms with E-state index < -0.39 is 22.2 Å². The average Bonchev–Trinajstić information content (AvgIpc) is 3.31. The molecular formula is C16H23F3N4O5S2. The number of halogens is 3. The molecule has 1 spiro atoms. The van der Waals surface area contributed by atoms with E-state index in [1.165, 1.54) is 0 Å². The fraction of sp³-hybridized carbons (Fsp3) is 0.812. The summed E-state index contributed by atoms with van der Waals surface area (Å²) in [7, 11) is -3.13. The number of carboxylic acid groups (broad SMARTS) is 1. The quantitative estimate of drug-likeness (QED) is 0.679. The summed E-state index contributed by atoms with van der Waals surface area (Å²) in [6.07, 6.45) is -1.08. The SMILES string of the molecule is Cc1nnc(N2CC[C@@]3(C[C@@H](NS(=O)(=O)C4CC4)CCO3)C2)s1.O=C(O)C(F)(F)F. The molecule has 14 heteroatoms. The molecule has 0 bridgehead atoms. The van der Waals surface area contributed by atoms with Gasteiger partial charge in [-0.3, -0.25) is 0 Å². The highest BCUT2D eigenvalue weighted by Gasteiger charge is 2.46. The molecule has 170 valence electrons. The number of rotatable bonds is 4. The smallest absolute Gasteiger partial charge is 0.475 e. The summed E-state index contributed by atoms with van der Waals surface area (Å²) in [4.78, 5) is 11.1. The number of sulfonamides is 1. The van der Waals surface area contributed by atoms with Crippen LogP contribution >= 0.6 is 11.3 Å². The van der Waals surface area contributed by atoms with E-state index in [-0.39, 0.29) is 16.9 Å². The maximum absolute atomic E-state index is 12.2. The molecule has 0 amide bonds. The van der Waals surface area contributed by atoms with Crippen LogP contribution in [0.1, 0.15) is 37.1 Å². The number of anilines is 1. The first-order chi connectivity index (χ1) is 13.9. The van der Waals surface area contributed by atoms with Gasteiger partial charge in [0.15, 0.2) is 0 Å². The highest BCUT2D eigenvalue weighted by atomic mass is 32.2. The van der Waals surface area contributed by atoms with Crippen LogP contribution in [0.25, 0.3) is 0 Å². The number of aromatic nitrogens is 2. The first-order valence-corrected chi connectivity index (χ1v) is 11.8. The molecule has 2 saturated heterocycles. The van der Waals surface area contributed by atoms with Crippen LogP contribution in [0.5, 0.6) is 0 Å². The number of ether oxygens (including phenoxy) is 1. The van der Waals surface area contributed by atoms with Gasteiger partial charge >= 0.3 is 12.1 Å². The van der Waals surface area contributed by atoms with E-state index in [9.17, 15) is 21.6 Å². The highest BCUT2D eigenvalue weighted by molar-refractivity contribution is 7.90. The maximum Gasteiger partial charge on any atom is 0.490 e. The van der Waals surface area contributed by atoms with Gasteiger partial charge in [0.05, 0.1) is 10.9 Å². The van der Waals surface area contributed by atoms with E-state index in [1.54, 1.807) is 11.3 Å². The summed E-state index contributed by atoms with van der Waals surface area (Å²) in [5, 5.41) is 17.1. The van der Waals surface area contributed by atoms with Crippen LogP contribution in [0.2, 0.25) is 0 Å². The molecule has 2 atom stereocenters. The van der Waals surface area contributed by atoms with E-state index >= 15 is 0 Å². The number of nitrogens with zero attached hydrogens (tertiary/aromatic N) is 3. The Hall–Kier alpha value is -1.51. The maximum atomic E-state index is 12.2. The summed E-state index contributed by atoms with van der Waals surface area (Å²) < 4.78 is 65.1. The van der Waals surface area contributed by atoms with Gasteiger partial charge in [0.1, 0.15) is 5.01 Å². The third-order valence-corrected chi connectivity index (χ3v) is 8.04. The van der Waals surface area contributed by atoms with Gasteiger partial charge in [-0.05, 0) is 39.0 Å². The van der Waals surface area contributed by atoms with E-state index in [0.717, 1.165) is 55.3 Å². The molecular weight excluding hydrogens is 449 g/mol. The van der Waals surface area contributed by atoms with Crippen molar-refractivity contribution in [2.45, 2.75) is 62.1 Å². The van der Waals surface area contributed by atoms with Crippen molar-refractivity contribution in [2.75, 3.05) is 24.6 Å². The lowest BCUT2D eigenvalue weighted by Crippen LogP contribution is -2.50. The minimum atomic E-state index is -5.08. The number of hydrogen-bond acceptors (Lipinski definition) is 8. The van der Waals surface area contributed by atoms with Crippen LogP contribution < -0.4 is 9.62 Å². The van der Waals surface area contributed by atoms with Gasteiger partial charge in [-0.2, -0.15) is 13.2 Å². The number of carbonyl (C=O) groups is 1. The minimum absolute atomic E-state index is 0.00884. The second kappa shape index (κ2) is 8.55. The van der Waals surface area contributed by atoms with Gasteiger partial charge in [-0.15, -0.1) is 10.2 Å². The normalized spacial score (nSPS) is 27.1. The Labute approximate surface area is 175 Å². The van der Waals surface area contributed by atoms with Crippen molar-refractivity contribution in [1.82, 2.24) is 14.9 Å². The van der Waals surface area contributed by atoms with Crippen LogP contribution in [0.15, 0.2) is 0 Å². The van der Waals surface area contributed by atoms with Crippen molar-refractivity contribution in [2.24, 2.45) is 0 Å². The summed E-state index contributed by atoms with van der Waals surface area (Å²) in [5.41, 5.74) is -0.255. The Morgan fingerprint density at radius 2 is 2.00 bits per heavy atom. The largest absolute Gasteiger partial charge is 0.490 e. The summed E-state index contributed by atoms with van der Waals surface area (Å²) >= 11 is 1.59. The Bertz CT molecular complexity index is 874. The fourth-order valence-electron chi connectivity index (χ4n) is 3.54. The molecule has 0 aromatic carbocycles. The zero-order valence-corrected chi connectivity index (χ0v) is 17.8. The first-order valence-electron chi connectivity index (χ1n) is 9.40. The summed E-state index contributed by atoms with van der Waals surface area (Å²) in [5.74, 6) is -2.76. The lowest BCUT2D eigenvalue weighted by molar-refractivity contribution is -0.192. The van der Waals surface area contributed by atoms with E-state index in [2.05, 4.69) is 19.8 Å². The molecule has 2 N–H and O–H groups in total. The van der Waals surface area contributed by atoms with E-state index in [1.807, 2.05) is 6.92 Å². The van der Waals surface area contributed by atoms with E-state index in [0.29, 0.717) is 6.61 Å². The van der Waals surface area contributed by atoms with Crippen molar-refractivity contribution >= 4 is 32.5 Å².